The molecule has 0 radical (unpaired) electrons. The Balaban J connectivity index is 2.92. The molecule has 0 aromatic heterocycles. The first kappa shape index (κ1) is 17.8. The van der Waals surface area contributed by atoms with Crippen molar-refractivity contribution in [3.05, 3.63) is 32.5 Å². The first-order valence-corrected chi connectivity index (χ1v) is 8.41. The van der Waals surface area contributed by atoms with Gasteiger partial charge in [0.1, 0.15) is 5.82 Å². The second kappa shape index (κ2) is 7.14. The number of ether oxygens (including phenoxy) is 1. The van der Waals surface area contributed by atoms with Crippen LogP contribution in [0.5, 0.6) is 5.75 Å². The molecule has 21 heavy (non-hydrogen) atoms. The van der Waals surface area contributed by atoms with Crippen molar-refractivity contribution < 1.29 is 22.5 Å². The predicted molar refractivity (Wildman–Crippen MR) is 78.0 cm³/mol. The van der Waals surface area contributed by atoms with Crippen molar-refractivity contribution in [2.24, 2.45) is 11.1 Å². The molecule has 0 aliphatic carbocycles. The van der Waals surface area contributed by atoms with Gasteiger partial charge in [-0.15, -0.1) is 0 Å². The van der Waals surface area contributed by atoms with Crippen LogP contribution in [0.15, 0.2) is 16.6 Å². The van der Waals surface area contributed by atoms with E-state index in [1.807, 2.05) is 0 Å². The molecule has 2 N–H and O–H groups in total. The summed E-state index contributed by atoms with van der Waals surface area (Å²) in [5.41, 5.74) is -0.409. The van der Waals surface area contributed by atoms with Crippen molar-refractivity contribution in [2.75, 3.05) is 12.4 Å². The fourth-order valence-corrected chi connectivity index (χ4v) is 2.92. The molecule has 0 spiro atoms. The highest BCUT2D eigenvalue weighted by molar-refractivity contribution is 9.10. The maximum atomic E-state index is 13.4. The molecule has 0 aliphatic rings. The van der Waals surface area contributed by atoms with Gasteiger partial charge in [-0.25, -0.2) is 17.9 Å². The van der Waals surface area contributed by atoms with Crippen molar-refractivity contribution in [3.63, 3.8) is 0 Å². The number of nitro groups is 1. The van der Waals surface area contributed by atoms with Crippen LogP contribution in [0, 0.1) is 21.8 Å². The Hall–Kier alpha value is -1.26. The van der Waals surface area contributed by atoms with E-state index in [0.29, 0.717) is 6.42 Å². The maximum absolute atomic E-state index is 13.4. The van der Waals surface area contributed by atoms with E-state index in [-0.39, 0.29) is 22.6 Å². The predicted octanol–water partition coefficient (Wildman–Crippen LogP) is 2.19. The van der Waals surface area contributed by atoms with Gasteiger partial charge in [0, 0.05) is 18.1 Å². The van der Waals surface area contributed by atoms with Gasteiger partial charge in [-0.1, -0.05) is 6.92 Å². The molecule has 118 valence electrons. The van der Waals surface area contributed by atoms with E-state index in [4.69, 9.17) is 9.88 Å². The Morgan fingerprint density at radius 2 is 2.14 bits per heavy atom. The van der Waals surface area contributed by atoms with E-state index in [1.54, 1.807) is 6.92 Å². The molecule has 0 amide bonds. The quantitative estimate of drug-likeness (QED) is 0.571. The number of nitrogens with two attached hydrogens (primary N) is 1. The van der Waals surface area contributed by atoms with Crippen LogP contribution in [0.2, 0.25) is 0 Å². The number of benzene rings is 1. The molecule has 0 heterocycles. The lowest BCUT2D eigenvalue weighted by atomic mass is 10.1. The van der Waals surface area contributed by atoms with Gasteiger partial charge in [0.15, 0.2) is 5.75 Å². The van der Waals surface area contributed by atoms with Crippen LogP contribution in [-0.2, 0) is 10.0 Å². The van der Waals surface area contributed by atoms with E-state index in [1.165, 1.54) is 0 Å². The third-order valence-corrected chi connectivity index (χ3v) is 4.26. The van der Waals surface area contributed by atoms with Crippen molar-refractivity contribution >= 4 is 31.6 Å². The van der Waals surface area contributed by atoms with Crippen LogP contribution in [0.4, 0.5) is 10.1 Å². The Bertz CT molecular complexity index is 638. The summed E-state index contributed by atoms with van der Waals surface area (Å²) in [7, 11) is -3.68. The number of rotatable bonds is 7. The minimum atomic E-state index is -3.68. The Kier molecular flexibility index (Phi) is 6.05. The van der Waals surface area contributed by atoms with Gasteiger partial charge in [-0.2, -0.15) is 0 Å². The van der Waals surface area contributed by atoms with Crippen molar-refractivity contribution in [1.82, 2.24) is 0 Å². The molecule has 1 aromatic rings. The SMILES string of the molecule is CCC(COc1cc(F)c(Br)cc1[N+](=O)[O-])CS(N)(=O)=O. The zero-order valence-corrected chi connectivity index (χ0v) is 13.5. The number of sulfonamides is 1. The van der Waals surface area contributed by atoms with Gasteiger partial charge < -0.3 is 4.74 Å². The van der Waals surface area contributed by atoms with Crippen molar-refractivity contribution in [3.8, 4) is 5.75 Å². The van der Waals surface area contributed by atoms with Crippen LogP contribution in [0.1, 0.15) is 13.3 Å². The average molecular weight is 385 g/mol. The van der Waals surface area contributed by atoms with Crippen LogP contribution in [-0.4, -0.2) is 25.7 Å². The molecule has 1 unspecified atom stereocenters. The molecule has 1 rings (SSSR count). The molecule has 0 bridgehead atoms. The van der Waals surface area contributed by atoms with E-state index >= 15 is 0 Å². The molecule has 7 nitrogen and oxygen atoms in total. The summed E-state index contributed by atoms with van der Waals surface area (Å²) in [4.78, 5) is 10.2. The largest absolute Gasteiger partial charge is 0.486 e. The van der Waals surface area contributed by atoms with E-state index < -0.39 is 32.4 Å². The normalized spacial score (nSPS) is 13.0. The highest BCUT2D eigenvalue weighted by atomic mass is 79.9. The lowest BCUT2D eigenvalue weighted by Crippen LogP contribution is -2.26. The standard InChI is InChI=1S/C11H14BrFN2O5S/c1-2-7(6-21(14,18)19)5-20-11-4-9(13)8(12)3-10(11)15(16)17/h3-4,7H,2,5-6H2,1H3,(H2,14,18,19). The Morgan fingerprint density at radius 1 is 1.52 bits per heavy atom. The lowest BCUT2D eigenvalue weighted by molar-refractivity contribution is -0.386. The summed E-state index contributed by atoms with van der Waals surface area (Å²) in [5.74, 6) is -1.72. The second-order valence-electron chi connectivity index (χ2n) is 4.41. The molecule has 1 atom stereocenters. The van der Waals surface area contributed by atoms with Crippen LogP contribution in [0.3, 0.4) is 0 Å². The fourth-order valence-electron chi connectivity index (χ4n) is 1.60. The number of hydrogen-bond donors (Lipinski definition) is 1. The minimum absolute atomic E-state index is 0.0573. The topological polar surface area (TPSA) is 113 Å². The van der Waals surface area contributed by atoms with E-state index in [0.717, 1.165) is 12.1 Å². The van der Waals surface area contributed by atoms with Crippen molar-refractivity contribution in [2.45, 2.75) is 13.3 Å². The molecule has 1 aromatic carbocycles. The van der Waals surface area contributed by atoms with Crippen LogP contribution < -0.4 is 9.88 Å². The smallest absolute Gasteiger partial charge is 0.312 e. The summed E-state index contributed by atoms with van der Waals surface area (Å²) in [6.07, 6.45) is 0.448. The minimum Gasteiger partial charge on any atom is -0.486 e. The Labute approximate surface area is 129 Å². The lowest BCUT2D eigenvalue weighted by Gasteiger charge is -2.15. The summed E-state index contributed by atoms with van der Waals surface area (Å²) >= 11 is 2.85. The molecule has 0 fully saturated rings. The van der Waals surface area contributed by atoms with Gasteiger partial charge in [0.25, 0.3) is 0 Å². The highest BCUT2D eigenvalue weighted by Gasteiger charge is 2.21. The third-order valence-electron chi connectivity index (χ3n) is 2.72. The number of halogens is 2. The van der Waals surface area contributed by atoms with E-state index in [2.05, 4.69) is 15.9 Å². The zero-order valence-electron chi connectivity index (χ0n) is 11.1. The first-order valence-electron chi connectivity index (χ1n) is 5.90. The van der Waals surface area contributed by atoms with Gasteiger partial charge in [-0.05, 0) is 22.4 Å². The van der Waals surface area contributed by atoms with Gasteiger partial charge in [0.05, 0.1) is 21.8 Å². The first-order chi connectivity index (χ1) is 9.64. The molecule has 0 saturated carbocycles. The number of hydrogen-bond acceptors (Lipinski definition) is 5. The molecular formula is C11H14BrFN2O5S. The number of nitrogens with zero attached hydrogens (tertiary/aromatic N) is 1. The maximum Gasteiger partial charge on any atom is 0.312 e. The summed E-state index contributed by atoms with van der Waals surface area (Å²) < 4.78 is 40.7. The zero-order chi connectivity index (χ0) is 16.2. The molecule has 0 aliphatic heterocycles. The fraction of sp³-hybridized carbons (Fsp3) is 0.455. The third kappa shape index (κ3) is 5.56. The average Bonchev–Trinajstić information content (AvgIpc) is 2.36. The highest BCUT2D eigenvalue weighted by Crippen LogP contribution is 2.32. The second-order valence-corrected chi connectivity index (χ2v) is 6.92. The summed E-state index contributed by atoms with van der Waals surface area (Å²) in [5, 5.41) is 15.8. The van der Waals surface area contributed by atoms with E-state index in [9.17, 15) is 22.9 Å². The van der Waals surface area contributed by atoms with Crippen LogP contribution >= 0.6 is 15.9 Å². The van der Waals surface area contributed by atoms with Crippen molar-refractivity contribution in [1.29, 1.82) is 0 Å². The van der Waals surface area contributed by atoms with Gasteiger partial charge >= 0.3 is 5.69 Å². The number of primary sulfonamides is 1. The summed E-state index contributed by atoms with van der Waals surface area (Å²) in [6.45, 7) is 1.62. The Morgan fingerprint density at radius 3 is 2.62 bits per heavy atom. The summed E-state index contributed by atoms with van der Waals surface area (Å²) in [6, 6.07) is 1.87. The van der Waals surface area contributed by atoms with Gasteiger partial charge in [0.2, 0.25) is 10.0 Å². The van der Waals surface area contributed by atoms with Gasteiger partial charge in [-0.3, -0.25) is 10.1 Å². The molecule has 0 saturated heterocycles. The monoisotopic (exact) mass is 384 g/mol. The molecule has 10 heteroatoms. The molecular weight excluding hydrogens is 371 g/mol. The van der Waals surface area contributed by atoms with Crippen LogP contribution in [0.25, 0.3) is 0 Å². The number of nitro benzene ring substituents is 1.